The summed E-state index contributed by atoms with van der Waals surface area (Å²) in [5, 5.41) is 8.45. The van der Waals surface area contributed by atoms with Crippen molar-refractivity contribution in [3.63, 3.8) is 0 Å². The second-order valence-electron chi connectivity index (χ2n) is 9.07. The quantitative estimate of drug-likeness (QED) is 0.301. The lowest BCUT2D eigenvalue weighted by Crippen LogP contribution is -2.39. The maximum Gasteiger partial charge on any atom is 0.338 e. The molecule has 6 rings (SSSR count). The number of benzene rings is 2. The SMILES string of the molecule is CCOC(=O)C1=C(C)N=c2s/c(=C\c3ccc(-n4cc(-c5ccccn5)nn4)cc3)c(=O)n2C1c1ccccc1. The van der Waals surface area contributed by atoms with Crippen LogP contribution in [-0.2, 0) is 9.53 Å². The van der Waals surface area contributed by atoms with Crippen LogP contribution in [0.2, 0.25) is 0 Å². The van der Waals surface area contributed by atoms with Crippen molar-refractivity contribution in [2.75, 3.05) is 6.61 Å². The smallest absolute Gasteiger partial charge is 0.338 e. The molecule has 1 aliphatic heterocycles. The number of allylic oxidation sites excluding steroid dienone is 1. The van der Waals surface area contributed by atoms with Crippen LogP contribution in [0.3, 0.4) is 0 Å². The van der Waals surface area contributed by atoms with E-state index in [1.54, 1.807) is 29.3 Å². The first-order chi connectivity index (χ1) is 19.5. The molecule has 2 aromatic carbocycles. The summed E-state index contributed by atoms with van der Waals surface area (Å²) in [6, 6.07) is 22.2. The number of fused-ring (bicyclic) bond motifs is 1. The molecule has 0 N–H and O–H groups in total. The minimum Gasteiger partial charge on any atom is -0.463 e. The van der Waals surface area contributed by atoms with Gasteiger partial charge in [-0.25, -0.2) is 14.5 Å². The van der Waals surface area contributed by atoms with Crippen LogP contribution >= 0.6 is 11.3 Å². The van der Waals surface area contributed by atoms with E-state index in [0.717, 1.165) is 22.5 Å². The molecule has 0 aliphatic carbocycles. The summed E-state index contributed by atoms with van der Waals surface area (Å²) >= 11 is 1.30. The standard InChI is InChI=1S/C30H24N6O3S/c1-3-39-29(38)26-19(2)32-30-36(27(26)21-9-5-4-6-10-21)28(37)25(40-30)17-20-12-14-22(15-13-20)35-18-24(33-34-35)23-11-7-8-16-31-23/h4-18,27H,3H2,1-2H3/b25-17-. The van der Waals surface area contributed by atoms with E-state index >= 15 is 0 Å². The Hall–Kier alpha value is -4.96. The number of pyridine rings is 1. The van der Waals surface area contributed by atoms with Crippen molar-refractivity contribution in [1.29, 1.82) is 0 Å². The summed E-state index contributed by atoms with van der Waals surface area (Å²) in [5.74, 6) is -0.471. The molecule has 0 bridgehead atoms. The molecule has 1 atom stereocenters. The Morgan fingerprint density at radius 2 is 1.80 bits per heavy atom. The van der Waals surface area contributed by atoms with Crippen molar-refractivity contribution in [3.05, 3.63) is 127 Å². The summed E-state index contributed by atoms with van der Waals surface area (Å²) in [6.07, 6.45) is 5.37. The predicted octanol–water partition coefficient (Wildman–Crippen LogP) is 3.44. The van der Waals surface area contributed by atoms with Crippen molar-refractivity contribution in [2.45, 2.75) is 19.9 Å². The lowest BCUT2D eigenvalue weighted by atomic mass is 9.96. The van der Waals surface area contributed by atoms with E-state index in [1.807, 2.05) is 85.1 Å². The maximum absolute atomic E-state index is 13.7. The van der Waals surface area contributed by atoms with Gasteiger partial charge in [0.1, 0.15) is 5.69 Å². The fourth-order valence-electron chi connectivity index (χ4n) is 4.64. The van der Waals surface area contributed by atoms with Gasteiger partial charge in [0.2, 0.25) is 0 Å². The van der Waals surface area contributed by atoms with Crippen LogP contribution < -0.4 is 14.9 Å². The van der Waals surface area contributed by atoms with E-state index in [1.165, 1.54) is 11.3 Å². The molecule has 40 heavy (non-hydrogen) atoms. The molecule has 1 unspecified atom stereocenters. The Labute approximate surface area is 233 Å². The zero-order chi connectivity index (χ0) is 27.6. The third kappa shape index (κ3) is 4.69. The number of ether oxygens (including phenoxy) is 1. The molecule has 4 heterocycles. The number of rotatable bonds is 6. The third-order valence-electron chi connectivity index (χ3n) is 6.51. The average molecular weight is 549 g/mol. The summed E-state index contributed by atoms with van der Waals surface area (Å²) in [7, 11) is 0. The van der Waals surface area contributed by atoms with Crippen LogP contribution in [0.5, 0.6) is 0 Å². The number of hydrogen-bond donors (Lipinski definition) is 0. The normalized spacial score (nSPS) is 15.1. The van der Waals surface area contributed by atoms with E-state index in [9.17, 15) is 9.59 Å². The average Bonchev–Trinajstić information content (AvgIpc) is 3.59. The molecule has 1 aliphatic rings. The monoisotopic (exact) mass is 548 g/mol. The van der Waals surface area contributed by atoms with Gasteiger partial charge in [-0.3, -0.25) is 14.3 Å². The van der Waals surface area contributed by atoms with Crippen molar-refractivity contribution >= 4 is 23.4 Å². The highest BCUT2D eigenvalue weighted by Crippen LogP contribution is 2.30. The topological polar surface area (TPSA) is 104 Å². The van der Waals surface area contributed by atoms with Crippen LogP contribution in [0.15, 0.2) is 106 Å². The van der Waals surface area contributed by atoms with Gasteiger partial charge in [0.25, 0.3) is 5.56 Å². The number of nitrogens with zero attached hydrogens (tertiary/aromatic N) is 6. The molecule has 9 nitrogen and oxygen atoms in total. The fourth-order valence-corrected chi connectivity index (χ4v) is 5.69. The van der Waals surface area contributed by atoms with Crippen molar-refractivity contribution in [1.82, 2.24) is 24.5 Å². The van der Waals surface area contributed by atoms with Crippen LogP contribution in [0.4, 0.5) is 0 Å². The van der Waals surface area contributed by atoms with E-state index in [0.29, 0.717) is 26.3 Å². The first-order valence-electron chi connectivity index (χ1n) is 12.7. The summed E-state index contributed by atoms with van der Waals surface area (Å²) in [6.45, 7) is 3.77. The highest BCUT2D eigenvalue weighted by Gasteiger charge is 2.33. The van der Waals surface area contributed by atoms with E-state index in [4.69, 9.17) is 4.74 Å². The Kier molecular flexibility index (Phi) is 6.75. The third-order valence-corrected chi connectivity index (χ3v) is 7.49. The minimum absolute atomic E-state index is 0.216. The summed E-state index contributed by atoms with van der Waals surface area (Å²) in [5.41, 5.74) is 4.61. The van der Waals surface area contributed by atoms with Crippen molar-refractivity contribution < 1.29 is 9.53 Å². The molecule has 10 heteroatoms. The second-order valence-corrected chi connectivity index (χ2v) is 10.1. The van der Waals surface area contributed by atoms with Gasteiger partial charge in [-0.15, -0.1) is 5.10 Å². The molecule has 198 valence electrons. The highest BCUT2D eigenvalue weighted by molar-refractivity contribution is 7.07. The second kappa shape index (κ2) is 10.7. The lowest BCUT2D eigenvalue weighted by Gasteiger charge is -2.24. The Bertz CT molecular complexity index is 1910. The first-order valence-corrected chi connectivity index (χ1v) is 13.5. The molecule has 0 spiro atoms. The van der Waals surface area contributed by atoms with E-state index in [2.05, 4.69) is 20.3 Å². The van der Waals surface area contributed by atoms with Gasteiger partial charge >= 0.3 is 5.97 Å². The van der Waals surface area contributed by atoms with E-state index in [-0.39, 0.29) is 12.2 Å². The largest absolute Gasteiger partial charge is 0.463 e. The number of esters is 1. The predicted molar refractivity (Wildman–Crippen MR) is 151 cm³/mol. The van der Waals surface area contributed by atoms with Crippen LogP contribution in [0.25, 0.3) is 23.2 Å². The Morgan fingerprint density at radius 1 is 1.02 bits per heavy atom. The molecule has 0 saturated carbocycles. The molecule has 5 aromatic rings. The van der Waals surface area contributed by atoms with E-state index < -0.39 is 12.0 Å². The molecule has 0 fully saturated rings. The molecular weight excluding hydrogens is 524 g/mol. The van der Waals surface area contributed by atoms with Gasteiger partial charge in [0.15, 0.2) is 4.80 Å². The Balaban J connectivity index is 1.37. The minimum atomic E-state index is -0.623. The Morgan fingerprint density at radius 3 is 2.52 bits per heavy atom. The summed E-state index contributed by atoms with van der Waals surface area (Å²) in [4.78, 5) is 36.2. The van der Waals surface area contributed by atoms with Gasteiger partial charge in [-0.1, -0.05) is 65.1 Å². The number of thiazole rings is 1. The highest BCUT2D eigenvalue weighted by atomic mass is 32.1. The molecule has 0 radical (unpaired) electrons. The molecule has 0 amide bonds. The summed E-state index contributed by atoms with van der Waals surface area (Å²) < 4.78 is 9.13. The zero-order valence-corrected chi connectivity index (χ0v) is 22.6. The number of hydrogen-bond acceptors (Lipinski definition) is 8. The van der Waals surface area contributed by atoms with Crippen molar-refractivity contribution in [3.8, 4) is 17.1 Å². The van der Waals surface area contributed by atoms with Crippen molar-refractivity contribution in [2.24, 2.45) is 4.99 Å². The van der Waals surface area contributed by atoms with Crippen LogP contribution in [-0.4, -0.2) is 37.1 Å². The molecular formula is C30H24N6O3S. The van der Waals surface area contributed by atoms with Crippen LogP contribution in [0, 0.1) is 0 Å². The number of carbonyl (C=O) groups is 1. The fraction of sp³-hybridized carbons (Fsp3) is 0.133. The van der Waals surface area contributed by atoms with Gasteiger partial charge < -0.3 is 4.74 Å². The van der Waals surface area contributed by atoms with Gasteiger partial charge in [0, 0.05) is 6.20 Å². The maximum atomic E-state index is 13.7. The van der Waals surface area contributed by atoms with Gasteiger partial charge in [0.05, 0.1) is 46.0 Å². The van der Waals surface area contributed by atoms with Gasteiger partial charge in [-0.05, 0) is 55.3 Å². The molecule has 3 aromatic heterocycles. The number of carbonyl (C=O) groups excluding carboxylic acids is 1. The van der Waals surface area contributed by atoms with Crippen LogP contribution in [0.1, 0.15) is 31.0 Å². The first kappa shape index (κ1) is 25.3. The van der Waals surface area contributed by atoms with Gasteiger partial charge in [-0.2, -0.15) is 0 Å². The zero-order valence-electron chi connectivity index (χ0n) is 21.8. The molecule has 0 saturated heterocycles. The number of aromatic nitrogens is 5. The lowest BCUT2D eigenvalue weighted by molar-refractivity contribution is -0.139.